The number of nitrogens with two attached hydrogens (primary N) is 1. The highest BCUT2D eigenvalue weighted by atomic mass is 32.2. The van der Waals surface area contributed by atoms with Gasteiger partial charge < -0.3 is 10.8 Å². The van der Waals surface area contributed by atoms with E-state index < -0.39 is 22.2 Å². The summed E-state index contributed by atoms with van der Waals surface area (Å²) in [5.41, 5.74) is 5.96. The van der Waals surface area contributed by atoms with E-state index >= 15 is 0 Å². The monoisotopic (exact) mass is 283 g/mol. The molecule has 0 aliphatic carbocycles. The Morgan fingerprint density at radius 2 is 2.11 bits per heavy atom. The van der Waals surface area contributed by atoms with Crippen molar-refractivity contribution >= 4 is 15.7 Å². The van der Waals surface area contributed by atoms with Gasteiger partial charge in [0.05, 0.1) is 23.4 Å². The molecule has 0 aromatic heterocycles. The minimum absolute atomic E-state index is 0.0239. The maximum Gasteiger partial charge on any atom is 0.242 e. The summed E-state index contributed by atoms with van der Waals surface area (Å²) in [5.74, 6) is 0. The number of anilines is 1. The number of benzene rings is 1. The third-order valence-electron chi connectivity index (χ3n) is 2.48. The zero-order valence-corrected chi connectivity index (χ0v) is 11.6. The van der Waals surface area contributed by atoms with Crippen LogP contribution >= 0.6 is 0 Å². The maximum atomic E-state index is 12.1. The molecule has 19 heavy (non-hydrogen) atoms. The van der Waals surface area contributed by atoms with Crippen molar-refractivity contribution in [2.75, 3.05) is 5.73 Å². The first-order valence-corrected chi connectivity index (χ1v) is 7.24. The summed E-state index contributed by atoms with van der Waals surface area (Å²) < 4.78 is 26.6. The molecule has 0 bridgehead atoms. The fraction of sp³-hybridized carbons (Fsp3) is 0.417. The number of sulfonamides is 1. The second-order valence-corrected chi connectivity index (χ2v) is 6.15. The fourth-order valence-corrected chi connectivity index (χ4v) is 3.12. The molecule has 1 rings (SSSR count). The minimum atomic E-state index is -3.76. The number of aliphatic hydroxyl groups excluding tert-OH is 1. The van der Waals surface area contributed by atoms with Crippen molar-refractivity contribution in [2.45, 2.75) is 37.3 Å². The Kier molecular flexibility index (Phi) is 4.89. The first-order chi connectivity index (χ1) is 8.76. The van der Waals surface area contributed by atoms with Crippen LogP contribution in [-0.2, 0) is 10.0 Å². The van der Waals surface area contributed by atoms with Crippen molar-refractivity contribution < 1.29 is 13.5 Å². The maximum absolute atomic E-state index is 12.1. The standard InChI is InChI=1S/C12H17N3O3S/c1-8(5-9(2)16)15-19(17,18)12-4-3-10(7-13)6-11(12)14/h3-4,6,8-9,15-16H,5,14H2,1-2H3. The molecule has 0 radical (unpaired) electrons. The summed E-state index contributed by atoms with van der Waals surface area (Å²) in [5, 5.41) is 17.9. The van der Waals surface area contributed by atoms with Crippen LogP contribution in [0.4, 0.5) is 5.69 Å². The lowest BCUT2D eigenvalue weighted by atomic mass is 10.2. The van der Waals surface area contributed by atoms with E-state index in [-0.39, 0.29) is 10.6 Å². The highest BCUT2D eigenvalue weighted by Crippen LogP contribution is 2.20. The Morgan fingerprint density at radius 3 is 2.58 bits per heavy atom. The first kappa shape index (κ1) is 15.4. The smallest absolute Gasteiger partial charge is 0.242 e. The Bertz CT molecular complexity index is 591. The number of hydrogen-bond donors (Lipinski definition) is 3. The Morgan fingerprint density at radius 1 is 1.47 bits per heavy atom. The largest absolute Gasteiger partial charge is 0.398 e. The Labute approximate surface area is 112 Å². The number of nitrogens with zero attached hydrogens (tertiary/aromatic N) is 1. The third kappa shape index (κ3) is 4.21. The van der Waals surface area contributed by atoms with E-state index in [4.69, 9.17) is 11.0 Å². The quantitative estimate of drug-likeness (QED) is 0.683. The van der Waals surface area contributed by atoms with Crippen LogP contribution < -0.4 is 10.5 Å². The Hall–Kier alpha value is -1.62. The van der Waals surface area contributed by atoms with Gasteiger partial charge in [-0.15, -0.1) is 0 Å². The summed E-state index contributed by atoms with van der Waals surface area (Å²) in [6.07, 6.45) is -0.300. The van der Waals surface area contributed by atoms with Gasteiger partial charge in [-0.25, -0.2) is 13.1 Å². The van der Waals surface area contributed by atoms with Gasteiger partial charge in [-0.2, -0.15) is 5.26 Å². The van der Waals surface area contributed by atoms with E-state index in [9.17, 15) is 13.5 Å². The molecule has 7 heteroatoms. The van der Waals surface area contributed by atoms with E-state index in [0.717, 1.165) is 0 Å². The van der Waals surface area contributed by atoms with Crippen molar-refractivity contribution in [3.8, 4) is 6.07 Å². The summed E-state index contributed by atoms with van der Waals surface area (Å²) in [6, 6.07) is 5.47. The molecule has 4 N–H and O–H groups in total. The SMILES string of the molecule is CC(O)CC(C)NS(=O)(=O)c1ccc(C#N)cc1N. The van der Waals surface area contributed by atoms with E-state index in [1.807, 2.05) is 6.07 Å². The van der Waals surface area contributed by atoms with E-state index in [2.05, 4.69) is 4.72 Å². The second-order valence-electron chi connectivity index (χ2n) is 4.47. The summed E-state index contributed by atoms with van der Waals surface area (Å²) in [6.45, 7) is 3.24. The normalized spacial score (nSPS) is 14.6. The van der Waals surface area contributed by atoms with Crippen LogP contribution in [0.25, 0.3) is 0 Å². The van der Waals surface area contributed by atoms with Crippen molar-refractivity contribution in [1.29, 1.82) is 5.26 Å². The topological polar surface area (TPSA) is 116 Å². The molecule has 0 heterocycles. The predicted molar refractivity (Wildman–Crippen MR) is 71.7 cm³/mol. The zero-order valence-electron chi connectivity index (χ0n) is 10.8. The lowest BCUT2D eigenvalue weighted by molar-refractivity contribution is 0.175. The average Bonchev–Trinajstić information content (AvgIpc) is 2.26. The number of nitrogen functional groups attached to an aromatic ring is 1. The molecule has 0 spiro atoms. The highest BCUT2D eigenvalue weighted by Gasteiger charge is 2.20. The molecule has 6 nitrogen and oxygen atoms in total. The van der Waals surface area contributed by atoms with Crippen LogP contribution in [0.3, 0.4) is 0 Å². The number of hydrogen-bond acceptors (Lipinski definition) is 5. The van der Waals surface area contributed by atoms with Crippen LogP contribution in [0.15, 0.2) is 23.1 Å². The van der Waals surface area contributed by atoms with Gasteiger partial charge in [0.2, 0.25) is 10.0 Å². The van der Waals surface area contributed by atoms with Gasteiger partial charge >= 0.3 is 0 Å². The molecule has 0 saturated carbocycles. The highest BCUT2D eigenvalue weighted by molar-refractivity contribution is 7.89. The molecule has 2 unspecified atom stereocenters. The van der Waals surface area contributed by atoms with Gasteiger partial charge in [-0.05, 0) is 38.5 Å². The van der Waals surface area contributed by atoms with E-state index in [1.165, 1.54) is 18.2 Å². The first-order valence-electron chi connectivity index (χ1n) is 5.76. The second kappa shape index (κ2) is 6.02. The third-order valence-corrected chi connectivity index (χ3v) is 4.14. The van der Waals surface area contributed by atoms with Crippen molar-refractivity contribution in [3.63, 3.8) is 0 Å². The number of nitriles is 1. The van der Waals surface area contributed by atoms with Gasteiger partial charge in [0.1, 0.15) is 4.90 Å². The van der Waals surface area contributed by atoms with E-state index in [1.54, 1.807) is 13.8 Å². The van der Waals surface area contributed by atoms with Crippen molar-refractivity contribution in [1.82, 2.24) is 4.72 Å². The zero-order chi connectivity index (χ0) is 14.6. The Balaban J connectivity index is 2.98. The van der Waals surface area contributed by atoms with Gasteiger partial charge in [0.25, 0.3) is 0 Å². The minimum Gasteiger partial charge on any atom is -0.398 e. The molecule has 0 saturated heterocycles. The average molecular weight is 283 g/mol. The number of aliphatic hydroxyl groups is 1. The molecule has 0 fully saturated rings. The molecular formula is C12H17N3O3S. The van der Waals surface area contributed by atoms with E-state index in [0.29, 0.717) is 12.0 Å². The molecule has 0 aliphatic rings. The van der Waals surface area contributed by atoms with Crippen LogP contribution in [0.1, 0.15) is 25.8 Å². The molecule has 1 aromatic carbocycles. The number of nitrogens with one attached hydrogen (secondary N) is 1. The molecular weight excluding hydrogens is 266 g/mol. The molecule has 104 valence electrons. The lowest BCUT2D eigenvalue weighted by Gasteiger charge is -2.16. The van der Waals surface area contributed by atoms with Crippen LogP contribution in [0, 0.1) is 11.3 Å². The van der Waals surface area contributed by atoms with Crippen LogP contribution in [-0.4, -0.2) is 25.7 Å². The molecule has 2 atom stereocenters. The summed E-state index contributed by atoms with van der Waals surface area (Å²) in [4.78, 5) is -0.0658. The van der Waals surface area contributed by atoms with Crippen molar-refractivity contribution in [2.24, 2.45) is 0 Å². The summed E-state index contributed by atoms with van der Waals surface area (Å²) >= 11 is 0. The molecule has 0 aliphatic heterocycles. The van der Waals surface area contributed by atoms with Gasteiger partial charge in [0.15, 0.2) is 0 Å². The van der Waals surface area contributed by atoms with Gasteiger partial charge in [-0.3, -0.25) is 0 Å². The van der Waals surface area contributed by atoms with Crippen LogP contribution in [0.5, 0.6) is 0 Å². The van der Waals surface area contributed by atoms with Crippen LogP contribution in [0.2, 0.25) is 0 Å². The fourth-order valence-electron chi connectivity index (χ4n) is 1.75. The summed E-state index contributed by atoms with van der Waals surface area (Å²) in [7, 11) is -3.76. The van der Waals surface area contributed by atoms with Crippen molar-refractivity contribution in [3.05, 3.63) is 23.8 Å². The van der Waals surface area contributed by atoms with Gasteiger partial charge in [0, 0.05) is 6.04 Å². The predicted octanol–water partition coefficient (Wildman–Crippen LogP) is 0.578. The number of rotatable bonds is 5. The molecule has 1 aromatic rings. The lowest BCUT2D eigenvalue weighted by Crippen LogP contribution is -2.35. The molecule has 0 amide bonds. The van der Waals surface area contributed by atoms with Gasteiger partial charge in [-0.1, -0.05) is 0 Å².